The molecule has 0 unspecified atom stereocenters. The molecule has 1 spiro atoms. The maximum absolute atomic E-state index is 12.9. The molecule has 3 heterocycles. The summed E-state index contributed by atoms with van der Waals surface area (Å²) >= 11 is 0. The van der Waals surface area contributed by atoms with Crippen LogP contribution in [0.25, 0.3) is 0 Å². The summed E-state index contributed by atoms with van der Waals surface area (Å²) < 4.78 is 12.9. The second-order valence-electron chi connectivity index (χ2n) is 9.32. The second-order valence-corrected chi connectivity index (χ2v) is 9.32. The smallest absolute Gasteiger partial charge is 0.309 e. The highest BCUT2D eigenvalue weighted by molar-refractivity contribution is 5.94. The Kier molecular flexibility index (Phi) is 6.16. The molecule has 30 heavy (non-hydrogen) atoms. The zero-order valence-electron chi connectivity index (χ0n) is 18.0. The lowest BCUT2D eigenvalue weighted by Crippen LogP contribution is -2.40. The molecule has 1 aromatic rings. The summed E-state index contributed by atoms with van der Waals surface area (Å²) in [7, 11) is 0. The number of carbonyl (C=O) groups excluding carboxylic acids is 2. The first-order valence-corrected chi connectivity index (χ1v) is 11.2. The Morgan fingerprint density at radius 1 is 1.40 bits per heavy atom. The molecule has 2 fully saturated rings. The molecule has 8 heteroatoms. The van der Waals surface area contributed by atoms with Crippen LogP contribution < -0.4 is 5.32 Å². The van der Waals surface area contributed by atoms with E-state index in [-0.39, 0.29) is 35.2 Å². The minimum absolute atomic E-state index is 0.0241. The van der Waals surface area contributed by atoms with E-state index in [0.29, 0.717) is 44.7 Å². The van der Waals surface area contributed by atoms with Gasteiger partial charge in [0.25, 0.3) is 5.91 Å². The Balaban J connectivity index is 1.48. The number of ether oxygens (including phenoxy) is 2. The Morgan fingerprint density at radius 3 is 2.80 bits per heavy atom. The van der Waals surface area contributed by atoms with Crippen LogP contribution in [-0.4, -0.2) is 59.2 Å². The molecule has 1 saturated heterocycles. The molecular weight excluding hydrogens is 386 g/mol. The topological polar surface area (TPSA) is 103 Å². The Labute approximate surface area is 177 Å². The molecule has 8 nitrogen and oxygen atoms in total. The van der Waals surface area contributed by atoms with E-state index in [1.165, 1.54) is 0 Å². The lowest BCUT2D eigenvalue weighted by atomic mass is 9.75. The van der Waals surface area contributed by atoms with Crippen LogP contribution in [0.5, 0.6) is 0 Å². The quantitative estimate of drug-likeness (QED) is 0.677. The number of amides is 1. The van der Waals surface area contributed by atoms with Crippen LogP contribution in [-0.2, 0) is 33.7 Å². The van der Waals surface area contributed by atoms with Crippen molar-refractivity contribution in [2.24, 2.45) is 17.3 Å². The summed E-state index contributed by atoms with van der Waals surface area (Å²) in [6, 6.07) is 0. The number of nitrogens with zero attached hydrogens (tertiary/aromatic N) is 2. The molecule has 2 aliphatic heterocycles. The number of aliphatic hydroxyl groups excluding tert-OH is 1. The predicted molar refractivity (Wildman–Crippen MR) is 109 cm³/mol. The summed E-state index contributed by atoms with van der Waals surface area (Å²) in [4.78, 5) is 25.0. The fourth-order valence-corrected chi connectivity index (χ4v) is 4.84. The number of hydrogen-bond acceptors (Lipinski definition) is 6. The first-order chi connectivity index (χ1) is 14.4. The standard InChI is InChI=1S/C22H33N3O5/c1-3-25-19-17(11-22(13-23-20(19)27)4-6-29-7-5-22)18(24-25)8-14(2)12-30-21(28)15-9-16(26)10-15/h14-16,26H,3-13H2,1-2H3,(H,23,27)/t14-,15?,16?/m1/s1. The van der Waals surface area contributed by atoms with Gasteiger partial charge in [-0.2, -0.15) is 5.10 Å². The van der Waals surface area contributed by atoms with Crippen molar-refractivity contribution in [3.05, 3.63) is 17.0 Å². The van der Waals surface area contributed by atoms with Gasteiger partial charge in [-0.1, -0.05) is 6.92 Å². The molecule has 4 rings (SSSR count). The van der Waals surface area contributed by atoms with Crippen molar-refractivity contribution < 1.29 is 24.2 Å². The first kappa shape index (κ1) is 21.3. The van der Waals surface area contributed by atoms with Crippen LogP contribution >= 0.6 is 0 Å². The molecule has 1 saturated carbocycles. The van der Waals surface area contributed by atoms with Crippen molar-refractivity contribution in [2.45, 2.75) is 65.0 Å². The van der Waals surface area contributed by atoms with Gasteiger partial charge in [0.1, 0.15) is 5.69 Å². The summed E-state index contributed by atoms with van der Waals surface area (Å²) in [5.41, 5.74) is 2.70. The third-order valence-electron chi connectivity index (χ3n) is 6.88. The number of aromatic nitrogens is 2. The number of aryl methyl sites for hydroxylation is 1. The molecule has 1 atom stereocenters. The maximum Gasteiger partial charge on any atom is 0.309 e. The van der Waals surface area contributed by atoms with E-state index in [1.54, 1.807) is 0 Å². The largest absolute Gasteiger partial charge is 0.465 e. The van der Waals surface area contributed by atoms with Crippen molar-refractivity contribution in [3.8, 4) is 0 Å². The number of rotatable bonds is 6. The molecular formula is C22H33N3O5. The number of carbonyl (C=O) groups is 2. The van der Waals surface area contributed by atoms with Gasteiger partial charge in [0, 0.05) is 31.9 Å². The van der Waals surface area contributed by atoms with Crippen molar-refractivity contribution in [1.29, 1.82) is 0 Å². The van der Waals surface area contributed by atoms with Crippen LogP contribution in [0.15, 0.2) is 0 Å². The highest BCUT2D eigenvalue weighted by Crippen LogP contribution is 2.38. The zero-order chi connectivity index (χ0) is 21.3. The number of aliphatic hydroxyl groups is 1. The van der Waals surface area contributed by atoms with Gasteiger partial charge in [-0.05, 0) is 56.8 Å². The third-order valence-corrected chi connectivity index (χ3v) is 6.88. The predicted octanol–water partition coefficient (Wildman–Crippen LogP) is 1.48. The molecule has 0 radical (unpaired) electrons. The summed E-state index contributed by atoms with van der Waals surface area (Å²) in [5, 5.41) is 17.3. The lowest BCUT2D eigenvalue weighted by molar-refractivity contribution is -0.156. The van der Waals surface area contributed by atoms with Gasteiger partial charge in [-0.25, -0.2) is 0 Å². The summed E-state index contributed by atoms with van der Waals surface area (Å²) in [6.45, 7) is 7.13. The zero-order valence-corrected chi connectivity index (χ0v) is 18.0. The van der Waals surface area contributed by atoms with Gasteiger partial charge >= 0.3 is 5.97 Å². The maximum atomic E-state index is 12.9. The van der Waals surface area contributed by atoms with Crippen molar-refractivity contribution >= 4 is 11.9 Å². The summed E-state index contributed by atoms with van der Waals surface area (Å²) in [5.74, 6) is -0.331. The molecule has 1 aliphatic carbocycles. The van der Waals surface area contributed by atoms with Crippen molar-refractivity contribution in [3.63, 3.8) is 0 Å². The van der Waals surface area contributed by atoms with Crippen LogP contribution in [0.1, 0.15) is 61.3 Å². The van der Waals surface area contributed by atoms with Gasteiger partial charge in [0.15, 0.2) is 0 Å². The van der Waals surface area contributed by atoms with Gasteiger partial charge in [0.2, 0.25) is 0 Å². The number of nitrogens with one attached hydrogen (secondary N) is 1. The number of fused-ring (bicyclic) bond motifs is 1. The minimum Gasteiger partial charge on any atom is -0.465 e. The number of esters is 1. The van der Waals surface area contributed by atoms with E-state index >= 15 is 0 Å². The Hall–Kier alpha value is -1.93. The highest BCUT2D eigenvalue weighted by Gasteiger charge is 2.40. The van der Waals surface area contributed by atoms with Crippen LogP contribution in [0, 0.1) is 17.3 Å². The molecule has 1 aromatic heterocycles. The minimum atomic E-state index is -0.364. The van der Waals surface area contributed by atoms with E-state index in [0.717, 1.165) is 43.7 Å². The highest BCUT2D eigenvalue weighted by atomic mass is 16.5. The van der Waals surface area contributed by atoms with E-state index in [2.05, 4.69) is 5.32 Å². The Bertz CT molecular complexity index is 793. The Morgan fingerprint density at radius 2 is 2.13 bits per heavy atom. The van der Waals surface area contributed by atoms with Gasteiger partial charge in [0.05, 0.1) is 24.3 Å². The van der Waals surface area contributed by atoms with E-state index in [4.69, 9.17) is 14.6 Å². The fourth-order valence-electron chi connectivity index (χ4n) is 4.84. The second kappa shape index (κ2) is 8.67. The van der Waals surface area contributed by atoms with Crippen LogP contribution in [0.4, 0.5) is 0 Å². The molecule has 166 valence electrons. The van der Waals surface area contributed by atoms with Gasteiger partial charge < -0.3 is 19.9 Å². The van der Waals surface area contributed by atoms with Crippen LogP contribution in [0.3, 0.4) is 0 Å². The number of hydrogen-bond donors (Lipinski definition) is 2. The first-order valence-electron chi connectivity index (χ1n) is 11.2. The van der Waals surface area contributed by atoms with Gasteiger partial charge in [-0.3, -0.25) is 14.3 Å². The molecule has 3 aliphatic rings. The van der Waals surface area contributed by atoms with Crippen LogP contribution in [0.2, 0.25) is 0 Å². The van der Waals surface area contributed by atoms with Crippen molar-refractivity contribution in [1.82, 2.24) is 15.1 Å². The van der Waals surface area contributed by atoms with E-state index in [9.17, 15) is 14.7 Å². The monoisotopic (exact) mass is 419 g/mol. The average molecular weight is 420 g/mol. The van der Waals surface area contributed by atoms with E-state index < -0.39 is 0 Å². The van der Waals surface area contributed by atoms with Crippen molar-refractivity contribution in [2.75, 3.05) is 26.4 Å². The molecule has 0 aromatic carbocycles. The fraction of sp³-hybridized carbons (Fsp3) is 0.773. The molecule has 1 amide bonds. The summed E-state index contributed by atoms with van der Waals surface area (Å²) in [6.07, 6.45) is 4.00. The molecule has 2 N–H and O–H groups in total. The lowest BCUT2D eigenvalue weighted by Gasteiger charge is -2.36. The SMILES string of the molecule is CCn1nc(C[C@@H](C)COC(=O)C2CC(O)C2)c2c1C(=O)NCC1(CCOCC1)C2. The van der Waals surface area contributed by atoms with Gasteiger partial charge in [-0.15, -0.1) is 0 Å². The van der Waals surface area contributed by atoms with E-state index in [1.807, 2.05) is 18.5 Å². The molecule has 0 bridgehead atoms. The average Bonchev–Trinajstić information content (AvgIpc) is 2.98. The normalized spacial score (nSPS) is 26.3. The third kappa shape index (κ3) is 4.25.